The Labute approximate surface area is 354 Å². The third-order valence-electron chi connectivity index (χ3n) is 11.1. The molecule has 1 fully saturated rings. The molecule has 0 aliphatic carbocycles. The van der Waals surface area contributed by atoms with Gasteiger partial charge in [0, 0.05) is 6.42 Å². The maximum absolute atomic E-state index is 12.9. The number of allylic oxidation sites excluding steroid dienone is 7. The fraction of sp³-hybridized carbons (Fsp3) is 0.816. The van der Waals surface area contributed by atoms with Crippen LogP contribution in [-0.4, -0.2) is 87.5 Å². The fourth-order valence-electron chi connectivity index (χ4n) is 7.24. The lowest BCUT2D eigenvalue weighted by molar-refractivity contribution is -0.302. The van der Waals surface area contributed by atoms with Crippen molar-refractivity contribution in [3.63, 3.8) is 0 Å². The number of aliphatic hydroxyl groups is 5. The minimum Gasteiger partial charge on any atom is -0.394 e. The number of carbonyl (C=O) groups is 1. The molecule has 0 spiro atoms. The molecule has 7 atom stereocenters. The third kappa shape index (κ3) is 29.4. The molecule has 1 saturated heterocycles. The van der Waals surface area contributed by atoms with E-state index in [1.807, 2.05) is 6.08 Å². The van der Waals surface area contributed by atoms with Crippen molar-refractivity contribution in [1.29, 1.82) is 0 Å². The molecule has 0 radical (unpaired) electrons. The molecule has 7 unspecified atom stereocenters. The number of ether oxygens (including phenoxy) is 2. The molecular weight excluding hydrogens is 731 g/mol. The maximum Gasteiger partial charge on any atom is 0.220 e. The van der Waals surface area contributed by atoms with Gasteiger partial charge in [-0.15, -0.1) is 0 Å². The zero-order valence-electron chi connectivity index (χ0n) is 37.0. The van der Waals surface area contributed by atoms with Gasteiger partial charge in [0.05, 0.1) is 25.4 Å². The molecule has 9 nitrogen and oxygen atoms in total. The van der Waals surface area contributed by atoms with Gasteiger partial charge < -0.3 is 40.3 Å². The molecule has 6 N–H and O–H groups in total. The normalized spacial score (nSPS) is 21.3. The van der Waals surface area contributed by atoms with Crippen LogP contribution in [0.3, 0.4) is 0 Å². The Kier molecular flexibility index (Phi) is 36.7. The van der Waals surface area contributed by atoms with Gasteiger partial charge >= 0.3 is 0 Å². The molecule has 0 bridgehead atoms. The van der Waals surface area contributed by atoms with Crippen LogP contribution < -0.4 is 5.32 Å². The number of unbranched alkanes of at least 4 members (excludes halogenated alkanes) is 23. The molecule has 338 valence electrons. The highest BCUT2D eigenvalue weighted by atomic mass is 16.7. The van der Waals surface area contributed by atoms with Gasteiger partial charge in [0.2, 0.25) is 5.91 Å². The lowest BCUT2D eigenvalue weighted by Gasteiger charge is -2.40. The summed E-state index contributed by atoms with van der Waals surface area (Å²) in [7, 11) is 0. The Bertz CT molecular complexity index is 1050. The van der Waals surface area contributed by atoms with Gasteiger partial charge in [0.15, 0.2) is 6.29 Å². The van der Waals surface area contributed by atoms with Crippen LogP contribution in [0.1, 0.15) is 200 Å². The number of carbonyl (C=O) groups excluding carboxylic acids is 1. The minimum absolute atomic E-state index is 0.197. The van der Waals surface area contributed by atoms with Crippen molar-refractivity contribution in [3.05, 3.63) is 48.6 Å². The van der Waals surface area contributed by atoms with Gasteiger partial charge in [-0.1, -0.05) is 172 Å². The predicted octanol–water partition coefficient (Wildman–Crippen LogP) is 10.2. The summed E-state index contributed by atoms with van der Waals surface area (Å²) in [6.45, 7) is 3.73. The minimum atomic E-state index is -1.57. The molecule has 1 aliphatic heterocycles. The van der Waals surface area contributed by atoms with Crippen LogP contribution in [-0.2, 0) is 14.3 Å². The fourth-order valence-corrected chi connectivity index (χ4v) is 7.24. The van der Waals surface area contributed by atoms with E-state index in [1.165, 1.54) is 122 Å². The number of hydrogen-bond donors (Lipinski definition) is 6. The summed E-state index contributed by atoms with van der Waals surface area (Å²) in [4.78, 5) is 12.9. The molecule has 0 aromatic carbocycles. The first-order chi connectivity index (χ1) is 28.3. The van der Waals surface area contributed by atoms with E-state index in [0.29, 0.717) is 6.42 Å². The first-order valence-electron chi connectivity index (χ1n) is 23.9. The second-order valence-corrected chi connectivity index (χ2v) is 16.5. The standard InChI is InChI=1S/C49H89NO8/c1-3-5-7-9-11-13-15-17-19-20-21-22-23-25-26-28-30-32-34-36-38-43(52)42(41-57-49-48(56)47(55)46(54)44(40-51)58-49)50-45(53)39-37-35-33-31-29-27-24-18-16-14-12-10-8-6-4-2/h14,16,22-23,28,30,36,38,42-44,46-49,51-52,54-56H,3-13,15,17-21,24-27,29,31-35,37,39-41H2,1-2H3,(H,50,53)/b16-14-,23-22+,30-28+,38-36+. The third-order valence-corrected chi connectivity index (χ3v) is 11.1. The zero-order valence-corrected chi connectivity index (χ0v) is 37.0. The van der Waals surface area contributed by atoms with Crippen LogP contribution in [0, 0.1) is 0 Å². The summed E-state index contributed by atoms with van der Waals surface area (Å²) in [6.07, 6.45) is 43.0. The van der Waals surface area contributed by atoms with Gasteiger partial charge in [-0.3, -0.25) is 4.79 Å². The van der Waals surface area contributed by atoms with Crippen molar-refractivity contribution < 1.29 is 39.8 Å². The summed E-state index contributed by atoms with van der Waals surface area (Å²) in [5.74, 6) is -0.197. The smallest absolute Gasteiger partial charge is 0.220 e. The van der Waals surface area contributed by atoms with Gasteiger partial charge in [0.1, 0.15) is 24.4 Å². The number of rotatable bonds is 39. The predicted molar refractivity (Wildman–Crippen MR) is 239 cm³/mol. The molecule has 9 heteroatoms. The maximum atomic E-state index is 12.9. The average molecular weight is 820 g/mol. The summed E-state index contributed by atoms with van der Waals surface area (Å²) in [6, 6.07) is -0.829. The summed E-state index contributed by atoms with van der Waals surface area (Å²) >= 11 is 0. The zero-order chi connectivity index (χ0) is 42.3. The highest BCUT2D eigenvalue weighted by molar-refractivity contribution is 5.76. The van der Waals surface area contributed by atoms with Crippen LogP contribution in [0.25, 0.3) is 0 Å². The Balaban J connectivity index is 2.39. The van der Waals surface area contributed by atoms with Crippen molar-refractivity contribution in [2.45, 2.75) is 243 Å². The van der Waals surface area contributed by atoms with Crippen molar-refractivity contribution in [2.75, 3.05) is 13.2 Å². The Morgan fingerprint density at radius 2 is 0.983 bits per heavy atom. The SMILES string of the molecule is CCCCCC/C=C\CCCCCCCCCC(=O)NC(COC1OC(CO)C(O)C(O)C1O)C(O)/C=C/CC/C=C/CC/C=C/CCCCCCCCCCCC. The quantitative estimate of drug-likeness (QED) is 0.0265. The number of amides is 1. The topological polar surface area (TPSA) is 149 Å². The van der Waals surface area contributed by atoms with Crippen molar-refractivity contribution >= 4 is 5.91 Å². The van der Waals surface area contributed by atoms with E-state index in [-0.39, 0.29) is 12.5 Å². The van der Waals surface area contributed by atoms with Crippen LogP contribution in [0.4, 0.5) is 0 Å². The van der Waals surface area contributed by atoms with Crippen molar-refractivity contribution in [3.8, 4) is 0 Å². The largest absolute Gasteiger partial charge is 0.394 e. The first-order valence-corrected chi connectivity index (χ1v) is 23.9. The molecular formula is C49H89NO8. The van der Waals surface area contributed by atoms with Crippen LogP contribution >= 0.6 is 0 Å². The van der Waals surface area contributed by atoms with E-state index in [2.05, 4.69) is 55.6 Å². The average Bonchev–Trinajstić information content (AvgIpc) is 3.22. The molecule has 58 heavy (non-hydrogen) atoms. The van der Waals surface area contributed by atoms with Crippen LogP contribution in [0.2, 0.25) is 0 Å². The Morgan fingerprint density at radius 1 is 0.569 bits per heavy atom. The first kappa shape index (κ1) is 54.2. The van der Waals surface area contributed by atoms with Gasteiger partial charge in [-0.05, 0) is 70.6 Å². The second-order valence-electron chi connectivity index (χ2n) is 16.5. The second kappa shape index (κ2) is 39.3. The number of hydrogen-bond acceptors (Lipinski definition) is 8. The van der Waals surface area contributed by atoms with E-state index >= 15 is 0 Å². The molecule has 1 rings (SSSR count). The lowest BCUT2D eigenvalue weighted by atomic mass is 9.99. The van der Waals surface area contributed by atoms with Crippen LogP contribution in [0.15, 0.2) is 48.6 Å². The Morgan fingerprint density at radius 3 is 1.47 bits per heavy atom. The van der Waals surface area contributed by atoms with E-state index < -0.39 is 49.5 Å². The molecule has 1 heterocycles. The van der Waals surface area contributed by atoms with Gasteiger partial charge in [-0.2, -0.15) is 0 Å². The summed E-state index contributed by atoms with van der Waals surface area (Å²) in [5, 5.41) is 54.2. The lowest BCUT2D eigenvalue weighted by Crippen LogP contribution is -2.60. The summed E-state index contributed by atoms with van der Waals surface area (Å²) in [5.41, 5.74) is 0. The molecule has 1 aliphatic rings. The van der Waals surface area contributed by atoms with E-state index in [1.54, 1.807) is 6.08 Å². The van der Waals surface area contributed by atoms with E-state index in [9.17, 15) is 30.3 Å². The summed E-state index contributed by atoms with van der Waals surface area (Å²) < 4.78 is 11.2. The van der Waals surface area contributed by atoms with Crippen molar-refractivity contribution in [1.82, 2.24) is 5.32 Å². The monoisotopic (exact) mass is 820 g/mol. The highest BCUT2D eigenvalue weighted by Crippen LogP contribution is 2.22. The van der Waals surface area contributed by atoms with Gasteiger partial charge in [-0.25, -0.2) is 0 Å². The number of nitrogens with one attached hydrogen (secondary N) is 1. The van der Waals surface area contributed by atoms with Crippen LogP contribution in [0.5, 0.6) is 0 Å². The van der Waals surface area contributed by atoms with Gasteiger partial charge in [0.25, 0.3) is 0 Å². The molecule has 0 aromatic rings. The number of aliphatic hydroxyl groups excluding tert-OH is 5. The van der Waals surface area contributed by atoms with Crippen molar-refractivity contribution in [2.24, 2.45) is 0 Å². The molecule has 0 saturated carbocycles. The molecule has 1 amide bonds. The van der Waals surface area contributed by atoms with E-state index in [0.717, 1.165) is 57.8 Å². The molecule has 0 aromatic heterocycles. The van der Waals surface area contributed by atoms with E-state index in [4.69, 9.17) is 9.47 Å². The highest BCUT2D eigenvalue weighted by Gasteiger charge is 2.44. The Hall–Kier alpha value is -1.85.